The third-order valence-electron chi connectivity index (χ3n) is 3.92. The molecule has 1 amide bonds. The molecule has 2 aromatic rings. The van der Waals surface area contributed by atoms with Gasteiger partial charge in [-0.15, -0.1) is 0 Å². The number of sulfonamides is 1. The van der Waals surface area contributed by atoms with Gasteiger partial charge in [0.1, 0.15) is 12.7 Å². The van der Waals surface area contributed by atoms with Gasteiger partial charge in [-0.25, -0.2) is 8.42 Å². The van der Waals surface area contributed by atoms with E-state index in [4.69, 9.17) is 21.1 Å². The molecule has 9 heteroatoms. The molecule has 2 atom stereocenters. The van der Waals surface area contributed by atoms with E-state index in [1.54, 1.807) is 12.1 Å². The van der Waals surface area contributed by atoms with Crippen LogP contribution in [-0.2, 0) is 14.8 Å². The SMILES string of the molecule is C[C@H](NS(=O)(=O)c1ccc(Cl)cc1)C(=O)NC[C@H]1COc2ccccc2O1. The van der Waals surface area contributed by atoms with Gasteiger partial charge in [-0.05, 0) is 43.3 Å². The minimum absolute atomic E-state index is 0.0344. The van der Waals surface area contributed by atoms with E-state index in [9.17, 15) is 13.2 Å². The molecule has 0 aliphatic carbocycles. The zero-order valence-electron chi connectivity index (χ0n) is 14.5. The highest BCUT2D eigenvalue weighted by Crippen LogP contribution is 2.30. The molecule has 2 aromatic carbocycles. The summed E-state index contributed by atoms with van der Waals surface area (Å²) in [5.74, 6) is 0.804. The second kappa shape index (κ2) is 8.16. The summed E-state index contributed by atoms with van der Waals surface area (Å²) in [6.07, 6.45) is -0.357. The highest BCUT2D eigenvalue weighted by Gasteiger charge is 2.25. The molecule has 144 valence electrons. The maximum Gasteiger partial charge on any atom is 0.241 e. The lowest BCUT2D eigenvalue weighted by Gasteiger charge is -2.27. The lowest BCUT2D eigenvalue weighted by molar-refractivity contribution is -0.122. The minimum atomic E-state index is -3.83. The maximum absolute atomic E-state index is 12.3. The first kappa shape index (κ1) is 19.5. The van der Waals surface area contributed by atoms with Gasteiger partial charge >= 0.3 is 0 Å². The van der Waals surface area contributed by atoms with Crippen molar-refractivity contribution in [3.8, 4) is 11.5 Å². The molecule has 7 nitrogen and oxygen atoms in total. The summed E-state index contributed by atoms with van der Waals surface area (Å²) >= 11 is 5.76. The van der Waals surface area contributed by atoms with Gasteiger partial charge in [-0.2, -0.15) is 4.72 Å². The molecule has 3 rings (SSSR count). The van der Waals surface area contributed by atoms with E-state index in [0.717, 1.165) is 0 Å². The van der Waals surface area contributed by atoms with Gasteiger partial charge in [-0.3, -0.25) is 4.79 Å². The zero-order chi connectivity index (χ0) is 19.4. The molecule has 0 aromatic heterocycles. The average Bonchev–Trinajstić information content (AvgIpc) is 2.66. The first-order valence-corrected chi connectivity index (χ1v) is 10.2. The van der Waals surface area contributed by atoms with Crippen LogP contribution in [0.15, 0.2) is 53.4 Å². The Morgan fingerprint density at radius 3 is 2.56 bits per heavy atom. The standard InChI is InChI=1S/C18H19ClN2O5S/c1-12(21-27(23,24)15-8-6-13(19)7-9-15)18(22)20-10-14-11-25-16-4-2-3-5-17(16)26-14/h2-9,12,14,21H,10-11H2,1H3,(H,20,22)/t12-,14-/m0/s1. The Labute approximate surface area is 162 Å². The van der Waals surface area contributed by atoms with E-state index in [2.05, 4.69) is 10.0 Å². The molecule has 1 aliphatic heterocycles. The topological polar surface area (TPSA) is 93.7 Å². The van der Waals surface area contributed by atoms with Crippen LogP contribution in [0.1, 0.15) is 6.92 Å². The number of ether oxygens (including phenoxy) is 2. The lowest BCUT2D eigenvalue weighted by atomic mass is 10.2. The highest BCUT2D eigenvalue weighted by molar-refractivity contribution is 7.89. The monoisotopic (exact) mass is 410 g/mol. The van der Waals surface area contributed by atoms with Crippen LogP contribution in [0.3, 0.4) is 0 Å². The summed E-state index contributed by atoms with van der Waals surface area (Å²) in [7, 11) is -3.83. The van der Waals surface area contributed by atoms with Crippen LogP contribution in [0.25, 0.3) is 0 Å². The number of nitrogens with one attached hydrogen (secondary N) is 2. The van der Waals surface area contributed by atoms with Crippen LogP contribution in [0.4, 0.5) is 0 Å². The molecule has 0 unspecified atom stereocenters. The zero-order valence-corrected chi connectivity index (χ0v) is 16.1. The normalized spacial score (nSPS) is 17.2. The summed E-state index contributed by atoms with van der Waals surface area (Å²) in [6.45, 7) is 1.96. The number of carbonyl (C=O) groups excluding carboxylic acids is 1. The number of rotatable bonds is 6. The van der Waals surface area contributed by atoms with Crippen molar-refractivity contribution >= 4 is 27.5 Å². The van der Waals surface area contributed by atoms with Gasteiger partial charge in [0.15, 0.2) is 11.5 Å². The quantitative estimate of drug-likeness (QED) is 0.759. The number of amides is 1. The molecule has 0 bridgehead atoms. The average molecular weight is 411 g/mol. The predicted molar refractivity (Wildman–Crippen MR) is 101 cm³/mol. The van der Waals surface area contributed by atoms with Crippen LogP contribution in [0, 0.1) is 0 Å². The van der Waals surface area contributed by atoms with Crippen molar-refractivity contribution in [3.63, 3.8) is 0 Å². The van der Waals surface area contributed by atoms with Crippen molar-refractivity contribution in [2.45, 2.75) is 24.0 Å². The predicted octanol–water partition coefficient (Wildman–Crippen LogP) is 1.96. The molecule has 1 aliphatic rings. The van der Waals surface area contributed by atoms with E-state index >= 15 is 0 Å². The Morgan fingerprint density at radius 2 is 1.85 bits per heavy atom. The second-order valence-corrected chi connectivity index (χ2v) is 8.19. The van der Waals surface area contributed by atoms with Crippen LogP contribution in [-0.4, -0.2) is 39.6 Å². The summed E-state index contributed by atoms with van der Waals surface area (Å²) in [5.41, 5.74) is 0. The van der Waals surface area contributed by atoms with Gasteiger partial charge in [0.2, 0.25) is 15.9 Å². The molecule has 27 heavy (non-hydrogen) atoms. The van der Waals surface area contributed by atoms with Gasteiger partial charge in [0, 0.05) is 5.02 Å². The molecule has 0 radical (unpaired) electrons. The van der Waals surface area contributed by atoms with Crippen LogP contribution in [0.2, 0.25) is 5.02 Å². The number of fused-ring (bicyclic) bond motifs is 1. The first-order chi connectivity index (χ1) is 12.8. The van der Waals surface area contributed by atoms with Crippen LogP contribution in [0.5, 0.6) is 11.5 Å². The Kier molecular flexibility index (Phi) is 5.88. The smallest absolute Gasteiger partial charge is 0.241 e. The summed E-state index contributed by atoms with van der Waals surface area (Å²) in [4.78, 5) is 12.3. The number of carbonyl (C=O) groups is 1. The van der Waals surface area contributed by atoms with Crippen molar-refractivity contribution in [1.82, 2.24) is 10.0 Å². The van der Waals surface area contributed by atoms with E-state index in [0.29, 0.717) is 23.1 Å². The van der Waals surface area contributed by atoms with Gasteiger partial charge in [0.25, 0.3) is 0 Å². The Hall–Kier alpha value is -2.29. The third kappa shape index (κ3) is 4.91. The first-order valence-electron chi connectivity index (χ1n) is 8.29. The van der Waals surface area contributed by atoms with E-state index in [-0.39, 0.29) is 17.5 Å². The van der Waals surface area contributed by atoms with Crippen molar-refractivity contribution in [2.24, 2.45) is 0 Å². The number of hydrogen-bond acceptors (Lipinski definition) is 5. The molecule has 0 saturated carbocycles. The number of hydrogen-bond donors (Lipinski definition) is 2. The Morgan fingerprint density at radius 1 is 1.19 bits per heavy atom. The van der Waals surface area contributed by atoms with Crippen molar-refractivity contribution in [2.75, 3.05) is 13.2 Å². The van der Waals surface area contributed by atoms with E-state index < -0.39 is 22.0 Å². The van der Waals surface area contributed by atoms with Crippen molar-refractivity contribution < 1.29 is 22.7 Å². The molecule has 2 N–H and O–H groups in total. The Balaban J connectivity index is 1.53. The second-order valence-electron chi connectivity index (χ2n) is 6.04. The van der Waals surface area contributed by atoms with E-state index in [1.165, 1.54) is 31.2 Å². The number of benzene rings is 2. The molecular formula is C18H19ClN2O5S. The van der Waals surface area contributed by atoms with Gasteiger partial charge in [-0.1, -0.05) is 23.7 Å². The van der Waals surface area contributed by atoms with Gasteiger partial charge in [0.05, 0.1) is 17.5 Å². The molecule has 0 spiro atoms. The van der Waals surface area contributed by atoms with Crippen molar-refractivity contribution in [3.05, 3.63) is 53.6 Å². The summed E-state index contributed by atoms with van der Waals surface area (Å²) < 4.78 is 38.3. The Bertz CT molecular complexity index is 918. The van der Waals surface area contributed by atoms with Gasteiger partial charge < -0.3 is 14.8 Å². The fourth-order valence-electron chi connectivity index (χ4n) is 2.50. The fraction of sp³-hybridized carbons (Fsp3) is 0.278. The highest BCUT2D eigenvalue weighted by atomic mass is 35.5. The maximum atomic E-state index is 12.3. The summed E-state index contributed by atoms with van der Waals surface area (Å²) in [6, 6.07) is 12.0. The molecule has 0 fully saturated rings. The largest absolute Gasteiger partial charge is 0.486 e. The number of para-hydroxylation sites is 2. The minimum Gasteiger partial charge on any atom is -0.486 e. The van der Waals surface area contributed by atoms with Crippen molar-refractivity contribution in [1.29, 1.82) is 0 Å². The molecule has 1 heterocycles. The molecule has 0 saturated heterocycles. The van der Waals surface area contributed by atoms with Crippen LogP contribution >= 0.6 is 11.6 Å². The fourth-order valence-corrected chi connectivity index (χ4v) is 3.83. The van der Waals surface area contributed by atoms with Crippen LogP contribution < -0.4 is 19.5 Å². The number of halogens is 1. The lowest BCUT2D eigenvalue weighted by Crippen LogP contribution is -2.48. The molecular weight excluding hydrogens is 392 g/mol. The third-order valence-corrected chi connectivity index (χ3v) is 5.73. The summed E-state index contributed by atoms with van der Waals surface area (Å²) in [5, 5.41) is 3.10. The van der Waals surface area contributed by atoms with E-state index in [1.807, 2.05) is 12.1 Å².